The second-order valence-corrected chi connectivity index (χ2v) is 8.14. The highest BCUT2D eigenvalue weighted by molar-refractivity contribution is 7.89. The fourth-order valence-electron chi connectivity index (χ4n) is 3.09. The molecule has 6 heteroatoms. The predicted molar refractivity (Wildman–Crippen MR) is 98.2 cm³/mol. The van der Waals surface area contributed by atoms with E-state index in [0.29, 0.717) is 19.5 Å². The van der Waals surface area contributed by atoms with E-state index in [1.165, 1.54) is 6.92 Å². The van der Waals surface area contributed by atoms with Crippen molar-refractivity contribution in [3.63, 3.8) is 0 Å². The Bertz CT molecular complexity index is 879. The van der Waals surface area contributed by atoms with Crippen LogP contribution in [0.1, 0.15) is 30.9 Å². The number of benzene rings is 2. The molecule has 3 rings (SSSR count). The molecule has 0 bridgehead atoms. The monoisotopic (exact) mass is 358 g/mol. The molecule has 0 spiro atoms. The lowest BCUT2D eigenvalue weighted by Gasteiger charge is -2.16. The Kier molecular flexibility index (Phi) is 4.92. The number of anilines is 1. The van der Waals surface area contributed by atoms with Crippen molar-refractivity contribution in [3.8, 4) is 0 Å². The molecule has 0 radical (unpaired) electrons. The first-order chi connectivity index (χ1) is 11.9. The summed E-state index contributed by atoms with van der Waals surface area (Å²) in [5.41, 5.74) is 2.80. The molecule has 1 atom stereocenters. The molecule has 0 aliphatic carbocycles. The smallest absolute Gasteiger partial charge is 0.240 e. The molecule has 1 unspecified atom stereocenters. The van der Waals surface area contributed by atoms with Gasteiger partial charge < -0.3 is 4.90 Å². The van der Waals surface area contributed by atoms with Crippen molar-refractivity contribution < 1.29 is 13.2 Å². The molecular weight excluding hydrogens is 336 g/mol. The molecule has 5 nitrogen and oxygen atoms in total. The van der Waals surface area contributed by atoms with Crippen molar-refractivity contribution in [3.05, 3.63) is 59.7 Å². The summed E-state index contributed by atoms with van der Waals surface area (Å²) in [6, 6.07) is 14.8. The van der Waals surface area contributed by atoms with Gasteiger partial charge in [-0.25, -0.2) is 13.1 Å². The third-order valence-corrected chi connectivity index (χ3v) is 6.01. The lowest BCUT2D eigenvalue weighted by Crippen LogP contribution is -2.28. The Morgan fingerprint density at radius 1 is 1.20 bits per heavy atom. The van der Waals surface area contributed by atoms with Crippen LogP contribution in [0.5, 0.6) is 0 Å². The summed E-state index contributed by atoms with van der Waals surface area (Å²) in [7, 11) is -3.58. The minimum atomic E-state index is -3.58. The third-order valence-electron chi connectivity index (χ3n) is 4.59. The van der Waals surface area contributed by atoms with Gasteiger partial charge in [0.15, 0.2) is 0 Å². The van der Waals surface area contributed by atoms with Crippen LogP contribution in [0.2, 0.25) is 0 Å². The fourth-order valence-corrected chi connectivity index (χ4v) is 4.27. The van der Waals surface area contributed by atoms with E-state index in [1.54, 1.807) is 23.1 Å². The Morgan fingerprint density at radius 2 is 1.92 bits per heavy atom. The van der Waals surface area contributed by atoms with E-state index in [-0.39, 0.29) is 16.7 Å². The molecule has 0 saturated carbocycles. The molecule has 2 aromatic carbocycles. The van der Waals surface area contributed by atoms with Gasteiger partial charge in [0.1, 0.15) is 0 Å². The van der Waals surface area contributed by atoms with Crippen LogP contribution >= 0.6 is 0 Å². The molecule has 1 amide bonds. The number of carbonyl (C=O) groups is 1. The topological polar surface area (TPSA) is 66.5 Å². The maximum Gasteiger partial charge on any atom is 0.240 e. The summed E-state index contributed by atoms with van der Waals surface area (Å²) >= 11 is 0. The SMILES string of the molecule is CC(=O)N1CCc2cc(S(=O)(=O)NCC(C)c3ccccc3)ccc21. The van der Waals surface area contributed by atoms with Gasteiger partial charge in [-0.3, -0.25) is 4.79 Å². The first-order valence-corrected chi connectivity index (χ1v) is 9.82. The fraction of sp³-hybridized carbons (Fsp3) is 0.316. The number of sulfonamides is 1. The lowest BCUT2D eigenvalue weighted by atomic mass is 10.0. The number of nitrogens with zero attached hydrogens (tertiary/aromatic N) is 1. The van der Waals surface area contributed by atoms with Crippen molar-refractivity contribution in [1.29, 1.82) is 0 Å². The molecule has 1 heterocycles. The zero-order valence-corrected chi connectivity index (χ0v) is 15.2. The Labute approximate surface area is 148 Å². The maximum atomic E-state index is 12.6. The highest BCUT2D eigenvalue weighted by Crippen LogP contribution is 2.30. The molecular formula is C19H22N2O3S. The van der Waals surface area contributed by atoms with Crippen LogP contribution in [0.4, 0.5) is 5.69 Å². The third kappa shape index (κ3) is 3.75. The number of carbonyl (C=O) groups excluding carboxylic acids is 1. The second-order valence-electron chi connectivity index (χ2n) is 6.37. The van der Waals surface area contributed by atoms with Crippen LogP contribution in [0.3, 0.4) is 0 Å². The average Bonchev–Trinajstić information content (AvgIpc) is 3.04. The number of fused-ring (bicyclic) bond motifs is 1. The van der Waals surface area contributed by atoms with Crippen molar-refractivity contribution in [1.82, 2.24) is 4.72 Å². The predicted octanol–water partition coefficient (Wildman–Crippen LogP) is 2.68. The normalized spacial score (nSPS) is 15.0. The van der Waals surface area contributed by atoms with Crippen LogP contribution < -0.4 is 9.62 Å². The van der Waals surface area contributed by atoms with E-state index < -0.39 is 10.0 Å². The molecule has 0 saturated heterocycles. The first kappa shape index (κ1) is 17.6. The van der Waals surface area contributed by atoms with Gasteiger partial charge in [-0.05, 0) is 41.7 Å². The van der Waals surface area contributed by atoms with Gasteiger partial charge in [-0.1, -0.05) is 37.3 Å². The number of amides is 1. The molecule has 132 valence electrons. The quantitative estimate of drug-likeness (QED) is 0.894. The molecule has 0 aromatic heterocycles. The van der Waals surface area contributed by atoms with Crippen molar-refractivity contribution >= 4 is 21.6 Å². The zero-order valence-electron chi connectivity index (χ0n) is 14.4. The Balaban J connectivity index is 1.74. The van der Waals surface area contributed by atoms with Crippen molar-refractivity contribution in [2.75, 3.05) is 18.0 Å². The number of nitrogens with one attached hydrogen (secondary N) is 1. The minimum Gasteiger partial charge on any atom is -0.312 e. The molecule has 1 N–H and O–H groups in total. The largest absolute Gasteiger partial charge is 0.312 e. The van der Waals surface area contributed by atoms with Gasteiger partial charge in [0.05, 0.1) is 4.90 Å². The Hall–Kier alpha value is -2.18. The van der Waals surface area contributed by atoms with Gasteiger partial charge in [-0.2, -0.15) is 0 Å². The Morgan fingerprint density at radius 3 is 2.60 bits per heavy atom. The lowest BCUT2D eigenvalue weighted by molar-refractivity contribution is -0.116. The highest BCUT2D eigenvalue weighted by atomic mass is 32.2. The van der Waals surface area contributed by atoms with Gasteiger partial charge >= 0.3 is 0 Å². The van der Waals surface area contributed by atoms with E-state index >= 15 is 0 Å². The second kappa shape index (κ2) is 6.98. The van der Waals surface area contributed by atoms with Gasteiger partial charge in [0.25, 0.3) is 0 Å². The van der Waals surface area contributed by atoms with Gasteiger partial charge in [0, 0.05) is 25.7 Å². The standard InChI is InChI=1S/C19H22N2O3S/c1-14(16-6-4-3-5-7-16)13-20-25(23,24)18-8-9-19-17(12-18)10-11-21(19)15(2)22/h3-9,12,14,20H,10-11,13H2,1-2H3. The van der Waals surface area contributed by atoms with Crippen molar-refractivity contribution in [2.24, 2.45) is 0 Å². The van der Waals surface area contributed by atoms with E-state index in [1.807, 2.05) is 37.3 Å². The molecule has 1 aliphatic rings. The maximum absolute atomic E-state index is 12.6. The summed E-state index contributed by atoms with van der Waals surface area (Å²) in [4.78, 5) is 13.5. The highest BCUT2D eigenvalue weighted by Gasteiger charge is 2.25. The number of hydrogen-bond donors (Lipinski definition) is 1. The molecule has 25 heavy (non-hydrogen) atoms. The summed E-state index contributed by atoms with van der Waals surface area (Å²) < 4.78 is 27.9. The van der Waals surface area contributed by atoms with Crippen LogP contribution in [0, 0.1) is 0 Å². The summed E-state index contributed by atoms with van der Waals surface area (Å²) in [5, 5.41) is 0. The number of rotatable bonds is 5. The zero-order chi connectivity index (χ0) is 18.0. The van der Waals surface area contributed by atoms with E-state index in [9.17, 15) is 13.2 Å². The van der Waals surface area contributed by atoms with Crippen LogP contribution in [0.15, 0.2) is 53.4 Å². The molecule has 2 aromatic rings. The first-order valence-electron chi connectivity index (χ1n) is 8.34. The molecule has 0 fully saturated rings. The van der Waals surface area contributed by atoms with Crippen molar-refractivity contribution in [2.45, 2.75) is 31.1 Å². The van der Waals surface area contributed by atoms with E-state index in [4.69, 9.17) is 0 Å². The number of hydrogen-bond acceptors (Lipinski definition) is 3. The minimum absolute atomic E-state index is 0.0239. The van der Waals surface area contributed by atoms with E-state index in [0.717, 1.165) is 16.8 Å². The molecule has 1 aliphatic heterocycles. The van der Waals surface area contributed by atoms with Gasteiger partial charge in [0.2, 0.25) is 15.9 Å². The van der Waals surface area contributed by atoms with Crippen LogP contribution in [-0.4, -0.2) is 27.4 Å². The summed E-state index contributed by atoms with van der Waals surface area (Å²) in [6.45, 7) is 4.45. The van der Waals surface area contributed by atoms with Gasteiger partial charge in [-0.15, -0.1) is 0 Å². The van der Waals surface area contributed by atoms with Crippen LogP contribution in [-0.2, 0) is 21.2 Å². The summed E-state index contributed by atoms with van der Waals surface area (Å²) in [5.74, 6) is 0.0581. The van der Waals surface area contributed by atoms with Crippen LogP contribution in [0.25, 0.3) is 0 Å². The van der Waals surface area contributed by atoms with E-state index in [2.05, 4.69) is 4.72 Å². The average molecular weight is 358 g/mol. The summed E-state index contributed by atoms with van der Waals surface area (Å²) in [6.07, 6.45) is 0.679.